The Bertz CT molecular complexity index is 1090. The molecule has 2 rings (SSSR count). The molecule has 0 bridgehead atoms. The highest BCUT2D eigenvalue weighted by molar-refractivity contribution is 7.92. The zero-order chi connectivity index (χ0) is 25.3. The molecule has 0 unspecified atom stereocenters. The molecule has 0 aliphatic heterocycles. The molecule has 0 aromatic heterocycles. The molecule has 0 spiro atoms. The fourth-order valence-electron chi connectivity index (χ4n) is 3.35. The van der Waals surface area contributed by atoms with Gasteiger partial charge in [0.25, 0.3) is 0 Å². The summed E-state index contributed by atoms with van der Waals surface area (Å²) in [5.41, 5.74) is 0.975. The molecule has 10 heteroatoms. The largest absolute Gasteiger partial charge is 0.492 e. The first kappa shape index (κ1) is 27.5. The first-order chi connectivity index (χ1) is 16.1. The number of hydrogen-bond acceptors (Lipinski definition) is 5. The lowest BCUT2D eigenvalue weighted by Gasteiger charge is -2.32. The normalized spacial score (nSPS) is 12.0. The number of anilines is 1. The lowest BCUT2D eigenvalue weighted by atomic mass is 10.1. The molecule has 0 fully saturated rings. The monoisotopic (exact) mass is 509 g/mol. The lowest BCUT2D eigenvalue weighted by Crippen LogP contribution is -2.51. The summed E-state index contributed by atoms with van der Waals surface area (Å²) >= 11 is 6.11. The van der Waals surface area contributed by atoms with Crippen LogP contribution < -0.4 is 14.4 Å². The van der Waals surface area contributed by atoms with E-state index < -0.39 is 28.5 Å². The van der Waals surface area contributed by atoms with Crippen LogP contribution in [0.25, 0.3) is 0 Å². The first-order valence-corrected chi connectivity index (χ1v) is 13.3. The van der Waals surface area contributed by atoms with Gasteiger partial charge < -0.3 is 15.0 Å². The van der Waals surface area contributed by atoms with E-state index in [0.717, 1.165) is 22.5 Å². The molecular formula is C24H32ClN3O5S. The number of ether oxygens (including phenoxy) is 1. The third-order valence-corrected chi connectivity index (χ3v) is 6.43. The SMILES string of the molecule is CCCNC(=O)[C@H](C)N(Cc1cccc(Cl)c1)C(=O)CN(c1ccccc1OCC)S(C)(=O)=O. The highest BCUT2D eigenvalue weighted by Crippen LogP contribution is 2.30. The van der Waals surface area contributed by atoms with Gasteiger partial charge in [-0.1, -0.05) is 42.8 Å². The number of carbonyl (C=O) groups excluding carboxylic acids is 2. The maximum Gasteiger partial charge on any atom is 0.244 e. The van der Waals surface area contributed by atoms with E-state index >= 15 is 0 Å². The van der Waals surface area contributed by atoms with Crippen LogP contribution in [-0.2, 0) is 26.2 Å². The van der Waals surface area contributed by atoms with Gasteiger partial charge in [0.05, 0.1) is 18.6 Å². The summed E-state index contributed by atoms with van der Waals surface area (Å²) < 4.78 is 32.0. The molecule has 1 N–H and O–H groups in total. The molecule has 186 valence electrons. The Balaban J connectivity index is 2.42. The molecule has 2 amide bonds. The van der Waals surface area contributed by atoms with Gasteiger partial charge in [0.15, 0.2) is 0 Å². The number of sulfonamides is 1. The van der Waals surface area contributed by atoms with Crippen LogP contribution in [0.1, 0.15) is 32.8 Å². The highest BCUT2D eigenvalue weighted by Gasteiger charge is 2.31. The molecule has 2 aromatic carbocycles. The molecule has 8 nitrogen and oxygen atoms in total. The van der Waals surface area contributed by atoms with Crippen molar-refractivity contribution in [3.05, 3.63) is 59.1 Å². The average molecular weight is 510 g/mol. The molecular weight excluding hydrogens is 478 g/mol. The maximum atomic E-state index is 13.5. The molecule has 0 heterocycles. The fourth-order valence-corrected chi connectivity index (χ4v) is 4.41. The van der Waals surface area contributed by atoms with E-state index in [2.05, 4.69) is 5.32 Å². The van der Waals surface area contributed by atoms with Crippen molar-refractivity contribution in [2.75, 3.05) is 30.3 Å². The number of carbonyl (C=O) groups is 2. The number of halogens is 1. The van der Waals surface area contributed by atoms with Crippen LogP contribution in [0.4, 0.5) is 5.69 Å². The number of benzene rings is 2. The van der Waals surface area contributed by atoms with Gasteiger partial charge in [0.2, 0.25) is 21.8 Å². The van der Waals surface area contributed by atoms with Crippen molar-refractivity contribution >= 4 is 39.1 Å². The summed E-state index contributed by atoms with van der Waals surface area (Å²) in [6, 6.07) is 12.8. The van der Waals surface area contributed by atoms with Gasteiger partial charge in [0.1, 0.15) is 18.3 Å². The van der Waals surface area contributed by atoms with E-state index in [1.54, 1.807) is 62.4 Å². The molecule has 0 saturated heterocycles. The Morgan fingerprint density at radius 1 is 1.12 bits per heavy atom. The second-order valence-electron chi connectivity index (χ2n) is 7.79. The quantitative estimate of drug-likeness (QED) is 0.472. The molecule has 0 aliphatic carbocycles. The fraction of sp³-hybridized carbons (Fsp3) is 0.417. The smallest absolute Gasteiger partial charge is 0.244 e. The summed E-state index contributed by atoms with van der Waals surface area (Å²) in [7, 11) is -3.84. The van der Waals surface area contributed by atoms with E-state index in [9.17, 15) is 18.0 Å². The van der Waals surface area contributed by atoms with Crippen LogP contribution in [0.2, 0.25) is 5.02 Å². The van der Waals surface area contributed by atoms with Gasteiger partial charge in [-0.2, -0.15) is 0 Å². The minimum atomic E-state index is -3.84. The van der Waals surface area contributed by atoms with E-state index in [1.807, 2.05) is 6.92 Å². The predicted molar refractivity (Wildman–Crippen MR) is 135 cm³/mol. The third-order valence-electron chi connectivity index (χ3n) is 5.07. The molecule has 34 heavy (non-hydrogen) atoms. The second-order valence-corrected chi connectivity index (χ2v) is 10.1. The molecule has 2 aromatic rings. The van der Waals surface area contributed by atoms with Crippen LogP contribution in [0.5, 0.6) is 5.75 Å². The maximum absolute atomic E-state index is 13.5. The van der Waals surface area contributed by atoms with Gasteiger partial charge in [-0.25, -0.2) is 8.42 Å². The van der Waals surface area contributed by atoms with Crippen LogP contribution in [-0.4, -0.2) is 57.1 Å². The van der Waals surface area contributed by atoms with E-state index in [0.29, 0.717) is 23.9 Å². The standard InChI is InChI=1S/C24H32ClN3O5S/c1-5-14-26-24(30)18(3)27(16-19-10-9-11-20(25)15-19)23(29)17-28(34(4,31)32)21-12-7-8-13-22(21)33-6-2/h7-13,15,18H,5-6,14,16-17H2,1-4H3,(H,26,30)/t18-/m0/s1. The number of rotatable bonds is 12. The Morgan fingerprint density at radius 3 is 2.44 bits per heavy atom. The number of nitrogens with zero attached hydrogens (tertiary/aromatic N) is 2. The van der Waals surface area contributed by atoms with Crippen molar-refractivity contribution in [3.63, 3.8) is 0 Å². The number of nitrogens with one attached hydrogen (secondary N) is 1. The summed E-state index contributed by atoms with van der Waals surface area (Å²) in [4.78, 5) is 27.6. The zero-order valence-electron chi connectivity index (χ0n) is 20.0. The Labute approximate surface area is 206 Å². The Morgan fingerprint density at radius 2 is 1.82 bits per heavy atom. The van der Waals surface area contributed by atoms with Crippen LogP contribution in [0.3, 0.4) is 0 Å². The van der Waals surface area contributed by atoms with Gasteiger partial charge in [0, 0.05) is 18.1 Å². The average Bonchev–Trinajstić information content (AvgIpc) is 2.79. The van der Waals surface area contributed by atoms with Crippen LogP contribution in [0.15, 0.2) is 48.5 Å². The first-order valence-electron chi connectivity index (χ1n) is 11.1. The lowest BCUT2D eigenvalue weighted by molar-refractivity contribution is -0.139. The van der Waals surface area contributed by atoms with Gasteiger partial charge in [-0.05, 0) is 50.1 Å². The zero-order valence-corrected chi connectivity index (χ0v) is 21.5. The van der Waals surface area contributed by atoms with Crippen molar-refractivity contribution in [1.82, 2.24) is 10.2 Å². The molecule has 1 atom stereocenters. The number of hydrogen-bond donors (Lipinski definition) is 1. The van der Waals surface area contributed by atoms with E-state index in [4.69, 9.17) is 16.3 Å². The van der Waals surface area contributed by atoms with Crippen molar-refractivity contribution in [1.29, 1.82) is 0 Å². The second kappa shape index (κ2) is 12.6. The number of para-hydroxylation sites is 2. The Kier molecular flexibility index (Phi) is 10.2. The van der Waals surface area contributed by atoms with Gasteiger partial charge in [-0.3, -0.25) is 13.9 Å². The molecule has 0 saturated carbocycles. The summed E-state index contributed by atoms with van der Waals surface area (Å²) in [5.74, 6) is -0.507. The van der Waals surface area contributed by atoms with E-state index in [-0.39, 0.29) is 18.1 Å². The molecule has 0 radical (unpaired) electrons. The summed E-state index contributed by atoms with van der Waals surface area (Å²) in [6.45, 7) is 5.74. The summed E-state index contributed by atoms with van der Waals surface area (Å²) in [5, 5.41) is 3.29. The van der Waals surface area contributed by atoms with Gasteiger partial charge >= 0.3 is 0 Å². The third kappa shape index (κ3) is 7.63. The molecule has 0 aliphatic rings. The number of amides is 2. The van der Waals surface area contributed by atoms with Crippen molar-refractivity contribution in [3.8, 4) is 5.75 Å². The van der Waals surface area contributed by atoms with Crippen molar-refractivity contribution < 1.29 is 22.7 Å². The van der Waals surface area contributed by atoms with Crippen molar-refractivity contribution in [2.24, 2.45) is 0 Å². The topological polar surface area (TPSA) is 96.0 Å². The van der Waals surface area contributed by atoms with Gasteiger partial charge in [-0.15, -0.1) is 0 Å². The van der Waals surface area contributed by atoms with E-state index in [1.165, 1.54) is 4.90 Å². The Hall–Kier alpha value is -2.78. The van der Waals surface area contributed by atoms with Crippen molar-refractivity contribution in [2.45, 2.75) is 39.8 Å². The van der Waals surface area contributed by atoms with Crippen LogP contribution >= 0.6 is 11.6 Å². The highest BCUT2D eigenvalue weighted by atomic mass is 35.5. The predicted octanol–water partition coefficient (Wildman–Crippen LogP) is 3.45. The minimum absolute atomic E-state index is 0.0881. The minimum Gasteiger partial charge on any atom is -0.492 e. The van der Waals surface area contributed by atoms with Crippen LogP contribution in [0, 0.1) is 0 Å². The summed E-state index contributed by atoms with van der Waals surface area (Å²) in [6.07, 6.45) is 1.78.